The van der Waals surface area contributed by atoms with E-state index in [9.17, 15) is 4.79 Å². The van der Waals surface area contributed by atoms with Crippen LogP contribution in [0.1, 0.15) is 11.1 Å². The fourth-order valence-electron chi connectivity index (χ4n) is 3.43. The van der Waals surface area contributed by atoms with E-state index in [4.69, 9.17) is 0 Å². The third-order valence-corrected chi connectivity index (χ3v) is 6.53. The van der Waals surface area contributed by atoms with Crippen molar-refractivity contribution < 1.29 is 4.79 Å². The molecule has 152 valence electrons. The average molecular weight is 479 g/mol. The summed E-state index contributed by atoms with van der Waals surface area (Å²) in [5.74, 6) is 0.488. The van der Waals surface area contributed by atoms with Crippen LogP contribution in [-0.2, 0) is 17.8 Å². The highest BCUT2D eigenvalue weighted by molar-refractivity contribution is 9.10. The Morgan fingerprint density at radius 2 is 1.63 bits per heavy atom. The van der Waals surface area contributed by atoms with Crippen LogP contribution in [0.2, 0.25) is 0 Å². The molecule has 1 aromatic heterocycles. The van der Waals surface area contributed by atoms with E-state index in [1.807, 2.05) is 18.2 Å². The molecule has 0 bridgehead atoms. The van der Waals surface area contributed by atoms with Gasteiger partial charge in [0.15, 0.2) is 0 Å². The second kappa shape index (κ2) is 10.0. The molecule has 1 amide bonds. The Kier molecular flexibility index (Phi) is 6.92. The Morgan fingerprint density at radius 1 is 0.900 bits per heavy atom. The Bertz CT molecular complexity index is 1120. The molecule has 5 heteroatoms. The van der Waals surface area contributed by atoms with Crippen molar-refractivity contribution in [2.75, 3.05) is 12.3 Å². The van der Waals surface area contributed by atoms with Gasteiger partial charge >= 0.3 is 0 Å². The highest BCUT2D eigenvalue weighted by Crippen LogP contribution is 2.30. The number of nitrogens with zero attached hydrogens (tertiary/aromatic N) is 1. The highest BCUT2D eigenvalue weighted by atomic mass is 79.9. The molecule has 1 N–H and O–H groups in total. The molecule has 30 heavy (non-hydrogen) atoms. The number of carbonyl (C=O) groups is 1. The molecule has 0 aliphatic rings. The Hall–Kier alpha value is -2.50. The fourth-order valence-corrected chi connectivity index (χ4v) is 4.61. The van der Waals surface area contributed by atoms with E-state index in [0.29, 0.717) is 12.3 Å². The lowest BCUT2D eigenvalue weighted by Gasteiger charge is -2.05. The maximum absolute atomic E-state index is 12.3. The lowest BCUT2D eigenvalue weighted by atomic mass is 10.1. The zero-order valence-corrected chi connectivity index (χ0v) is 19.0. The van der Waals surface area contributed by atoms with Gasteiger partial charge in [-0.05, 0) is 35.7 Å². The van der Waals surface area contributed by atoms with Crippen molar-refractivity contribution in [2.45, 2.75) is 17.9 Å². The number of amides is 1. The van der Waals surface area contributed by atoms with Crippen molar-refractivity contribution in [2.24, 2.45) is 0 Å². The summed E-state index contributed by atoms with van der Waals surface area (Å²) in [6, 6.07) is 27.0. The van der Waals surface area contributed by atoms with Gasteiger partial charge in [0.2, 0.25) is 5.91 Å². The standard InChI is InChI=1S/C25H23BrN2OS/c26-21-12-10-20(11-13-21)16-28-17-24(22-8-4-5-9-23(22)28)30-18-25(29)27-15-14-19-6-2-1-3-7-19/h1-13,17H,14-16,18H2,(H,27,29). The van der Waals surface area contributed by atoms with E-state index in [1.54, 1.807) is 11.8 Å². The van der Waals surface area contributed by atoms with Crippen LogP contribution in [0.3, 0.4) is 0 Å². The van der Waals surface area contributed by atoms with Crippen molar-refractivity contribution in [3.05, 3.63) is 101 Å². The summed E-state index contributed by atoms with van der Waals surface area (Å²) in [6.45, 7) is 1.46. The van der Waals surface area contributed by atoms with E-state index in [1.165, 1.54) is 22.0 Å². The molecule has 1 heterocycles. The van der Waals surface area contributed by atoms with Crippen LogP contribution in [0.15, 0.2) is 94.4 Å². The number of hydrogen-bond donors (Lipinski definition) is 1. The van der Waals surface area contributed by atoms with Gasteiger partial charge in [-0.1, -0.05) is 76.6 Å². The maximum atomic E-state index is 12.3. The minimum absolute atomic E-state index is 0.0701. The minimum Gasteiger partial charge on any atom is -0.355 e. The lowest BCUT2D eigenvalue weighted by Crippen LogP contribution is -2.27. The summed E-state index contributed by atoms with van der Waals surface area (Å²) in [5, 5.41) is 4.22. The van der Waals surface area contributed by atoms with Gasteiger partial charge in [0.05, 0.1) is 5.75 Å². The van der Waals surface area contributed by atoms with Crippen molar-refractivity contribution in [3.63, 3.8) is 0 Å². The summed E-state index contributed by atoms with van der Waals surface area (Å²) in [5.41, 5.74) is 3.67. The van der Waals surface area contributed by atoms with Crippen LogP contribution < -0.4 is 5.32 Å². The quantitative estimate of drug-likeness (QED) is 0.319. The number of para-hydroxylation sites is 1. The number of nitrogens with one attached hydrogen (secondary N) is 1. The van der Waals surface area contributed by atoms with Crippen molar-refractivity contribution in [1.82, 2.24) is 9.88 Å². The molecule has 0 radical (unpaired) electrons. The van der Waals surface area contributed by atoms with Crippen LogP contribution in [-0.4, -0.2) is 22.8 Å². The monoisotopic (exact) mass is 478 g/mol. The summed E-state index contributed by atoms with van der Waals surface area (Å²) in [7, 11) is 0. The molecule has 3 nitrogen and oxygen atoms in total. The largest absolute Gasteiger partial charge is 0.355 e. The first kappa shape index (κ1) is 20.8. The number of thioether (sulfide) groups is 1. The van der Waals surface area contributed by atoms with Crippen molar-refractivity contribution in [1.29, 1.82) is 0 Å². The van der Waals surface area contributed by atoms with Crippen LogP contribution in [0.5, 0.6) is 0 Å². The zero-order valence-electron chi connectivity index (χ0n) is 16.6. The molecule has 0 saturated carbocycles. The summed E-state index contributed by atoms with van der Waals surface area (Å²) < 4.78 is 3.34. The predicted octanol–water partition coefficient (Wildman–Crippen LogP) is 5.90. The van der Waals surface area contributed by atoms with Gasteiger partial charge in [0, 0.05) is 39.6 Å². The number of halogens is 1. The van der Waals surface area contributed by atoms with Crippen LogP contribution in [0.25, 0.3) is 10.9 Å². The summed E-state index contributed by atoms with van der Waals surface area (Å²) >= 11 is 5.09. The molecule has 0 saturated heterocycles. The van der Waals surface area contributed by atoms with Gasteiger partial charge in [0.25, 0.3) is 0 Å². The minimum atomic E-state index is 0.0701. The second-order valence-electron chi connectivity index (χ2n) is 7.14. The summed E-state index contributed by atoms with van der Waals surface area (Å²) in [4.78, 5) is 13.5. The van der Waals surface area contributed by atoms with E-state index in [0.717, 1.165) is 22.3 Å². The van der Waals surface area contributed by atoms with Crippen LogP contribution in [0.4, 0.5) is 0 Å². The SMILES string of the molecule is O=C(CSc1cn(Cc2ccc(Br)cc2)c2ccccc12)NCCc1ccccc1. The van der Waals surface area contributed by atoms with Crippen LogP contribution in [0, 0.1) is 0 Å². The normalized spacial score (nSPS) is 11.0. The first-order chi connectivity index (χ1) is 14.7. The van der Waals surface area contributed by atoms with Gasteiger partial charge in [-0.25, -0.2) is 0 Å². The van der Waals surface area contributed by atoms with Gasteiger partial charge in [-0.15, -0.1) is 11.8 Å². The molecular formula is C25H23BrN2OS. The zero-order chi connectivity index (χ0) is 20.8. The second-order valence-corrected chi connectivity index (χ2v) is 9.07. The molecule has 0 aliphatic carbocycles. The number of carbonyl (C=O) groups excluding carboxylic acids is 1. The number of rotatable bonds is 8. The molecular weight excluding hydrogens is 456 g/mol. The Morgan fingerprint density at radius 3 is 2.43 bits per heavy atom. The van der Waals surface area contributed by atoms with Crippen molar-refractivity contribution >= 4 is 44.5 Å². The third kappa shape index (κ3) is 5.35. The van der Waals surface area contributed by atoms with Gasteiger partial charge in [-0.2, -0.15) is 0 Å². The molecule has 0 spiro atoms. The van der Waals surface area contributed by atoms with E-state index in [-0.39, 0.29) is 5.91 Å². The summed E-state index contributed by atoms with van der Waals surface area (Å²) in [6.07, 6.45) is 3.01. The lowest BCUT2D eigenvalue weighted by molar-refractivity contribution is -0.118. The number of aromatic nitrogens is 1. The first-order valence-corrected chi connectivity index (χ1v) is 11.7. The van der Waals surface area contributed by atoms with Gasteiger partial charge in [0.1, 0.15) is 0 Å². The Labute approximate surface area is 189 Å². The topological polar surface area (TPSA) is 34.0 Å². The van der Waals surface area contributed by atoms with Crippen LogP contribution >= 0.6 is 27.7 Å². The van der Waals surface area contributed by atoms with E-state index in [2.05, 4.69) is 92.7 Å². The van der Waals surface area contributed by atoms with E-state index >= 15 is 0 Å². The molecule has 0 fully saturated rings. The number of hydrogen-bond acceptors (Lipinski definition) is 2. The number of benzene rings is 3. The molecule has 0 atom stereocenters. The predicted molar refractivity (Wildman–Crippen MR) is 129 cm³/mol. The highest BCUT2D eigenvalue weighted by Gasteiger charge is 2.11. The smallest absolute Gasteiger partial charge is 0.230 e. The Balaban J connectivity index is 1.39. The number of fused-ring (bicyclic) bond motifs is 1. The maximum Gasteiger partial charge on any atom is 0.230 e. The molecule has 4 rings (SSSR count). The average Bonchev–Trinajstić information content (AvgIpc) is 3.12. The van der Waals surface area contributed by atoms with Gasteiger partial charge in [-0.3, -0.25) is 4.79 Å². The molecule has 4 aromatic rings. The van der Waals surface area contributed by atoms with Gasteiger partial charge < -0.3 is 9.88 Å². The van der Waals surface area contributed by atoms with E-state index < -0.39 is 0 Å². The molecule has 3 aromatic carbocycles. The third-order valence-electron chi connectivity index (χ3n) is 4.96. The molecule has 0 aliphatic heterocycles. The first-order valence-electron chi connectivity index (χ1n) is 9.95. The fraction of sp³-hybridized carbons (Fsp3) is 0.160. The molecule has 0 unspecified atom stereocenters. The van der Waals surface area contributed by atoms with Crippen molar-refractivity contribution in [3.8, 4) is 0 Å².